The highest BCUT2D eigenvalue weighted by atomic mass is 19.1. The second-order valence-electron chi connectivity index (χ2n) is 3.80. The van der Waals surface area contributed by atoms with Gasteiger partial charge in [0.1, 0.15) is 0 Å². The first-order valence-electron chi connectivity index (χ1n) is 5.49. The molecule has 0 aromatic heterocycles. The topological polar surface area (TPSA) is 75.6 Å². The van der Waals surface area contributed by atoms with Crippen LogP contribution in [0.5, 0.6) is 5.75 Å². The predicted octanol–water partition coefficient (Wildman–Crippen LogP) is 1.65. The van der Waals surface area contributed by atoms with E-state index in [1.807, 2.05) is 0 Å². The van der Waals surface area contributed by atoms with E-state index in [0.717, 1.165) is 12.2 Å². The molecule has 19 heavy (non-hydrogen) atoms. The Morgan fingerprint density at radius 3 is 2.63 bits per heavy atom. The first kappa shape index (κ1) is 14.7. The number of methoxy groups -OCH3 is 1. The highest BCUT2D eigenvalue weighted by molar-refractivity contribution is 5.94. The second-order valence-corrected chi connectivity index (χ2v) is 3.80. The molecule has 0 spiro atoms. The number of ether oxygens (including phenoxy) is 1. The number of hydrogen-bond donors (Lipinski definition) is 2. The summed E-state index contributed by atoms with van der Waals surface area (Å²) in [6.45, 7) is 1.66. The minimum absolute atomic E-state index is 0.119. The maximum Gasteiger partial charge on any atom is 0.328 e. The van der Waals surface area contributed by atoms with Crippen LogP contribution in [-0.4, -0.2) is 24.1 Å². The quantitative estimate of drug-likeness (QED) is 0.795. The molecule has 2 N–H and O–H groups in total. The van der Waals surface area contributed by atoms with Gasteiger partial charge in [-0.15, -0.1) is 0 Å². The SMILES string of the molecule is COc1ccc(C(C)NC(=O)/C=C/C(=O)O)cc1F. The summed E-state index contributed by atoms with van der Waals surface area (Å²) in [5.74, 6) is -2.18. The first-order chi connectivity index (χ1) is 8.93. The Bertz CT molecular complexity index is 513. The van der Waals surface area contributed by atoms with Crippen LogP contribution < -0.4 is 10.1 Å². The van der Waals surface area contributed by atoms with E-state index < -0.39 is 23.7 Å². The lowest BCUT2D eigenvalue weighted by atomic mass is 10.1. The summed E-state index contributed by atoms with van der Waals surface area (Å²) in [5.41, 5.74) is 0.551. The molecule has 1 atom stereocenters. The Balaban J connectivity index is 2.73. The van der Waals surface area contributed by atoms with Gasteiger partial charge in [-0.1, -0.05) is 6.07 Å². The van der Waals surface area contributed by atoms with Crippen LogP contribution >= 0.6 is 0 Å². The van der Waals surface area contributed by atoms with Crippen molar-refractivity contribution >= 4 is 11.9 Å². The fourth-order valence-corrected chi connectivity index (χ4v) is 1.44. The number of benzene rings is 1. The molecule has 0 aliphatic heterocycles. The fourth-order valence-electron chi connectivity index (χ4n) is 1.44. The van der Waals surface area contributed by atoms with Gasteiger partial charge in [-0.2, -0.15) is 0 Å². The molecule has 0 aliphatic rings. The maximum atomic E-state index is 13.5. The summed E-state index contributed by atoms with van der Waals surface area (Å²) in [6.07, 6.45) is 1.63. The van der Waals surface area contributed by atoms with Crippen molar-refractivity contribution in [1.82, 2.24) is 5.32 Å². The van der Waals surface area contributed by atoms with Crippen molar-refractivity contribution in [3.8, 4) is 5.75 Å². The number of rotatable bonds is 5. The maximum absolute atomic E-state index is 13.5. The third-order valence-electron chi connectivity index (χ3n) is 2.41. The molecule has 0 saturated heterocycles. The van der Waals surface area contributed by atoms with E-state index in [2.05, 4.69) is 5.32 Å². The van der Waals surface area contributed by atoms with Crippen LogP contribution in [0.2, 0.25) is 0 Å². The molecule has 0 heterocycles. The lowest BCUT2D eigenvalue weighted by molar-refractivity contribution is -0.131. The monoisotopic (exact) mass is 267 g/mol. The predicted molar refractivity (Wildman–Crippen MR) is 66.3 cm³/mol. The molecule has 0 aliphatic carbocycles. The number of nitrogens with one attached hydrogen (secondary N) is 1. The Hall–Kier alpha value is -2.37. The molecule has 0 saturated carbocycles. The molecule has 5 nitrogen and oxygen atoms in total. The number of carbonyl (C=O) groups is 2. The van der Waals surface area contributed by atoms with Crippen LogP contribution in [-0.2, 0) is 9.59 Å². The lowest BCUT2D eigenvalue weighted by Gasteiger charge is -2.13. The van der Waals surface area contributed by atoms with Gasteiger partial charge in [0.05, 0.1) is 13.2 Å². The molecular formula is C13H14FNO4. The van der Waals surface area contributed by atoms with E-state index in [1.165, 1.54) is 19.2 Å². The van der Waals surface area contributed by atoms with Gasteiger partial charge in [0.2, 0.25) is 5.91 Å². The Kier molecular flexibility index (Phi) is 5.05. The Morgan fingerprint density at radius 1 is 1.42 bits per heavy atom. The molecule has 1 aromatic rings. The number of carboxylic acids is 1. The normalized spacial score (nSPS) is 12.2. The van der Waals surface area contributed by atoms with Crippen molar-refractivity contribution in [2.24, 2.45) is 0 Å². The van der Waals surface area contributed by atoms with Gasteiger partial charge in [0.25, 0.3) is 0 Å². The van der Waals surface area contributed by atoms with Crippen molar-refractivity contribution in [2.75, 3.05) is 7.11 Å². The minimum Gasteiger partial charge on any atom is -0.494 e. The smallest absolute Gasteiger partial charge is 0.328 e. The zero-order valence-electron chi connectivity index (χ0n) is 10.5. The summed E-state index contributed by atoms with van der Waals surface area (Å²) in [5, 5.41) is 10.9. The van der Waals surface area contributed by atoms with Crippen molar-refractivity contribution < 1.29 is 23.8 Å². The van der Waals surface area contributed by atoms with Gasteiger partial charge < -0.3 is 15.2 Å². The molecule has 1 amide bonds. The van der Waals surface area contributed by atoms with Crippen LogP contribution in [0.1, 0.15) is 18.5 Å². The van der Waals surface area contributed by atoms with Crippen molar-refractivity contribution in [2.45, 2.75) is 13.0 Å². The molecule has 6 heteroatoms. The summed E-state index contributed by atoms with van der Waals surface area (Å²) < 4.78 is 18.3. The number of hydrogen-bond acceptors (Lipinski definition) is 3. The molecule has 1 unspecified atom stereocenters. The average Bonchev–Trinajstić information content (AvgIpc) is 2.36. The number of carboxylic acid groups (broad SMARTS) is 1. The van der Waals surface area contributed by atoms with E-state index in [9.17, 15) is 14.0 Å². The van der Waals surface area contributed by atoms with E-state index in [-0.39, 0.29) is 5.75 Å². The summed E-state index contributed by atoms with van der Waals surface area (Å²) in [7, 11) is 1.36. The molecular weight excluding hydrogens is 253 g/mol. The van der Waals surface area contributed by atoms with Crippen LogP contribution in [0.25, 0.3) is 0 Å². The summed E-state index contributed by atoms with van der Waals surface area (Å²) >= 11 is 0. The highest BCUT2D eigenvalue weighted by Gasteiger charge is 2.11. The Labute approximate surface area is 109 Å². The van der Waals surface area contributed by atoms with Crippen molar-refractivity contribution in [1.29, 1.82) is 0 Å². The first-order valence-corrected chi connectivity index (χ1v) is 5.49. The molecule has 0 bridgehead atoms. The van der Waals surface area contributed by atoms with Gasteiger partial charge >= 0.3 is 5.97 Å². The molecule has 0 radical (unpaired) electrons. The summed E-state index contributed by atoms with van der Waals surface area (Å²) in [4.78, 5) is 21.6. The fraction of sp³-hybridized carbons (Fsp3) is 0.231. The minimum atomic E-state index is -1.21. The largest absolute Gasteiger partial charge is 0.494 e. The van der Waals surface area contributed by atoms with Crippen LogP contribution in [0.4, 0.5) is 4.39 Å². The van der Waals surface area contributed by atoms with E-state index in [1.54, 1.807) is 13.0 Å². The van der Waals surface area contributed by atoms with Gasteiger partial charge in [-0.25, -0.2) is 9.18 Å². The zero-order valence-corrected chi connectivity index (χ0v) is 10.5. The molecule has 1 rings (SSSR count). The average molecular weight is 267 g/mol. The van der Waals surface area contributed by atoms with Crippen LogP contribution in [0.15, 0.2) is 30.4 Å². The summed E-state index contributed by atoms with van der Waals surface area (Å²) in [6, 6.07) is 3.88. The van der Waals surface area contributed by atoms with Crippen molar-refractivity contribution in [3.05, 3.63) is 41.7 Å². The number of halogens is 1. The molecule has 102 valence electrons. The second kappa shape index (κ2) is 6.53. The van der Waals surface area contributed by atoms with Gasteiger partial charge in [-0.3, -0.25) is 4.79 Å². The van der Waals surface area contributed by atoms with Gasteiger partial charge in [0.15, 0.2) is 11.6 Å². The Morgan fingerprint density at radius 2 is 2.11 bits per heavy atom. The third-order valence-corrected chi connectivity index (χ3v) is 2.41. The number of amides is 1. The van der Waals surface area contributed by atoms with E-state index in [0.29, 0.717) is 5.56 Å². The molecule has 1 aromatic carbocycles. The van der Waals surface area contributed by atoms with Crippen molar-refractivity contribution in [3.63, 3.8) is 0 Å². The number of aliphatic carboxylic acids is 1. The zero-order chi connectivity index (χ0) is 14.4. The lowest BCUT2D eigenvalue weighted by Crippen LogP contribution is -2.25. The third kappa shape index (κ3) is 4.42. The van der Waals surface area contributed by atoms with Gasteiger partial charge in [0, 0.05) is 12.2 Å². The molecule has 0 fully saturated rings. The van der Waals surface area contributed by atoms with Crippen LogP contribution in [0.3, 0.4) is 0 Å². The van der Waals surface area contributed by atoms with E-state index in [4.69, 9.17) is 9.84 Å². The van der Waals surface area contributed by atoms with Gasteiger partial charge in [-0.05, 0) is 24.6 Å². The standard InChI is InChI=1S/C13H14FNO4/c1-8(15-12(16)5-6-13(17)18)9-3-4-11(19-2)10(14)7-9/h3-8H,1-2H3,(H,15,16)(H,17,18)/b6-5+. The number of carbonyl (C=O) groups excluding carboxylic acids is 1. The van der Waals surface area contributed by atoms with Crippen LogP contribution in [0, 0.1) is 5.82 Å². The highest BCUT2D eigenvalue weighted by Crippen LogP contribution is 2.21. The van der Waals surface area contributed by atoms with E-state index >= 15 is 0 Å².